The lowest BCUT2D eigenvalue weighted by Gasteiger charge is -2.28. The molecule has 1 aliphatic carbocycles. The molecule has 0 saturated heterocycles. The number of para-hydroxylation sites is 1. The van der Waals surface area contributed by atoms with Gasteiger partial charge in [0.15, 0.2) is 0 Å². The highest BCUT2D eigenvalue weighted by Crippen LogP contribution is 2.30. The lowest BCUT2D eigenvalue weighted by molar-refractivity contribution is 0.155. The summed E-state index contributed by atoms with van der Waals surface area (Å²) >= 11 is 3.43. The van der Waals surface area contributed by atoms with Gasteiger partial charge in [-0.2, -0.15) is 0 Å². The van der Waals surface area contributed by atoms with Crippen molar-refractivity contribution in [2.75, 3.05) is 6.26 Å². The molecule has 0 aliphatic heterocycles. The summed E-state index contributed by atoms with van der Waals surface area (Å²) in [6, 6.07) is 7.66. The normalized spacial score (nSPS) is 24.8. The predicted molar refractivity (Wildman–Crippen MR) is 75.7 cm³/mol. The van der Waals surface area contributed by atoms with Crippen LogP contribution in [0.4, 0.5) is 0 Å². The second-order valence-corrected chi connectivity index (χ2v) is 7.97. The van der Waals surface area contributed by atoms with E-state index in [-0.39, 0.29) is 11.4 Å². The van der Waals surface area contributed by atoms with Gasteiger partial charge >= 0.3 is 0 Å². The van der Waals surface area contributed by atoms with Gasteiger partial charge in [-0.25, -0.2) is 8.42 Å². The summed E-state index contributed by atoms with van der Waals surface area (Å²) in [5.41, 5.74) is 0. The molecular formula is C13H17BrO3S. The lowest BCUT2D eigenvalue weighted by Crippen LogP contribution is -2.33. The number of benzene rings is 1. The van der Waals surface area contributed by atoms with E-state index in [0.717, 1.165) is 29.5 Å². The SMILES string of the molecule is CS(=O)(=O)C1CCCC(Oc2ccccc2Br)C1. The molecule has 0 heterocycles. The third-order valence-electron chi connectivity index (χ3n) is 3.31. The zero-order chi connectivity index (χ0) is 13.2. The Morgan fingerprint density at radius 3 is 2.67 bits per heavy atom. The molecule has 2 atom stereocenters. The molecule has 5 heteroatoms. The summed E-state index contributed by atoms with van der Waals surface area (Å²) < 4.78 is 30.0. The van der Waals surface area contributed by atoms with Crippen molar-refractivity contribution < 1.29 is 13.2 Å². The molecule has 1 aliphatic rings. The Kier molecular flexibility index (Phi) is 4.33. The fourth-order valence-corrected chi connectivity index (χ4v) is 3.86. The predicted octanol–water partition coefficient (Wildman–Crippen LogP) is 3.18. The highest BCUT2D eigenvalue weighted by atomic mass is 79.9. The van der Waals surface area contributed by atoms with E-state index in [1.807, 2.05) is 24.3 Å². The Balaban J connectivity index is 2.05. The van der Waals surface area contributed by atoms with E-state index in [1.54, 1.807) is 0 Å². The highest BCUT2D eigenvalue weighted by Gasteiger charge is 2.30. The molecule has 0 N–H and O–H groups in total. The van der Waals surface area contributed by atoms with Crippen molar-refractivity contribution in [3.05, 3.63) is 28.7 Å². The number of hydrogen-bond donors (Lipinski definition) is 0. The maximum atomic E-state index is 11.6. The minimum Gasteiger partial charge on any atom is -0.489 e. The number of rotatable bonds is 3. The van der Waals surface area contributed by atoms with Gasteiger partial charge < -0.3 is 4.74 Å². The van der Waals surface area contributed by atoms with Gasteiger partial charge in [0.25, 0.3) is 0 Å². The molecule has 100 valence electrons. The van der Waals surface area contributed by atoms with E-state index < -0.39 is 9.84 Å². The van der Waals surface area contributed by atoms with Crippen LogP contribution in [0.5, 0.6) is 5.75 Å². The largest absolute Gasteiger partial charge is 0.489 e. The zero-order valence-electron chi connectivity index (χ0n) is 10.3. The summed E-state index contributed by atoms with van der Waals surface area (Å²) in [5, 5.41) is -0.251. The molecule has 0 amide bonds. The van der Waals surface area contributed by atoms with Crippen molar-refractivity contribution in [1.82, 2.24) is 0 Å². The first-order valence-corrected chi connectivity index (χ1v) is 8.81. The van der Waals surface area contributed by atoms with Gasteiger partial charge in [0.05, 0.1) is 9.72 Å². The van der Waals surface area contributed by atoms with Crippen LogP contribution in [0.25, 0.3) is 0 Å². The average molecular weight is 333 g/mol. The van der Waals surface area contributed by atoms with Crippen LogP contribution in [0, 0.1) is 0 Å². The Hall–Kier alpha value is -0.550. The van der Waals surface area contributed by atoms with Crippen LogP contribution >= 0.6 is 15.9 Å². The summed E-state index contributed by atoms with van der Waals surface area (Å²) in [6.45, 7) is 0. The number of hydrogen-bond acceptors (Lipinski definition) is 3. The third kappa shape index (κ3) is 3.48. The van der Waals surface area contributed by atoms with Gasteiger partial charge in [-0.05, 0) is 47.3 Å². The molecule has 0 aromatic heterocycles. The quantitative estimate of drug-likeness (QED) is 0.853. The molecule has 18 heavy (non-hydrogen) atoms. The summed E-state index contributed by atoms with van der Waals surface area (Å²) in [5.74, 6) is 0.789. The first kappa shape index (κ1) is 13.9. The van der Waals surface area contributed by atoms with Gasteiger partial charge in [0.1, 0.15) is 21.7 Å². The number of halogens is 1. The van der Waals surface area contributed by atoms with Gasteiger partial charge in [-0.15, -0.1) is 0 Å². The van der Waals surface area contributed by atoms with Crippen molar-refractivity contribution in [1.29, 1.82) is 0 Å². The average Bonchev–Trinajstić information content (AvgIpc) is 2.31. The molecule has 1 fully saturated rings. The molecule has 0 spiro atoms. The van der Waals surface area contributed by atoms with E-state index in [2.05, 4.69) is 15.9 Å². The molecule has 0 bridgehead atoms. The molecule has 2 unspecified atom stereocenters. The monoisotopic (exact) mass is 332 g/mol. The van der Waals surface area contributed by atoms with Crippen LogP contribution in [-0.4, -0.2) is 26.0 Å². The maximum absolute atomic E-state index is 11.6. The van der Waals surface area contributed by atoms with Gasteiger partial charge in [-0.1, -0.05) is 12.1 Å². The molecule has 1 aromatic rings. The van der Waals surface area contributed by atoms with Crippen molar-refractivity contribution in [3.8, 4) is 5.75 Å². The van der Waals surface area contributed by atoms with Crippen molar-refractivity contribution >= 4 is 25.8 Å². The van der Waals surface area contributed by atoms with Crippen LogP contribution in [-0.2, 0) is 9.84 Å². The summed E-state index contributed by atoms with van der Waals surface area (Å²) in [7, 11) is -2.95. The van der Waals surface area contributed by atoms with Crippen molar-refractivity contribution in [3.63, 3.8) is 0 Å². The fourth-order valence-electron chi connectivity index (χ4n) is 2.32. The van der Waals surface area contributed by atoms with Crippen molar-refractivity contribution in [2.24, 2.45) is 0 Å². The maximum Gasteiger partial charge on any atom is 0.150 e. The molecule has 3 nitrogen and oxygen atoms in total. The molecule has 0 radical (unpaired) electrons. The molecule has 1 aromatic carbocycles. The number of sulfone groups is 1. The van der Waals surface area contributed by atoms with E-state index in [4.69, 9.17) is 4.74 Å². The van der Waals surface area contributed by atoms with Crippen LogP contribution < -0.4 is 4.74 Å². The molecule has 1 saturated carbocycles. The lowest BCUT2D eigenvalue weighted by atomic mass is 9.97. The van der Waals surface area contributed by atoms with Gasteiger partial charge in [-0.3, -0.25) is 0 Å². The second-order valence-electron chi connectivity index (χ2n) is 4.79. The smallest absolute Gasteiger partial charge is 0.150 e. The van der Waals surface area contributed by atoms with Gasteiger partial charge in [0, 0.05) is 12.7 Å². The molecule has 2 rings (SSSR count). The first-order chi connectivity index (χ1) is 8.47. The van der Waals surface area contributed by atoms with E-state index >= 15 is 0 Å². The van der Waals surface area contributed by atoms with Crippen molar-refractivity contribution in [2.45, 2.75) is 37.0 Å². The fraction of sp³-hybridized carbons (Fsp3) is 0.538. The Morgan fingerprint density at radius 1 is 1.28 bits per heavy atom. The van der Waals surface area contributed by atoms with Crippen LogP contribution in [0.15, 0.2) is 28.7 Å². The zero-order valence-corrected chi connectivity index (χ0v) is 12.7. The second kappa shape index (κ2) is 5.61. The minimum atomic E-state index is -2.95. The van der Waals surface area contributed by atoms with Gasteiger partial charge in [0.2, 0.25) is 0 Å². The first-order valence-electron chi connectivity index (χ1n) is 6.07. The van der Waals surface area contributed by atoms with E-state index in [0.29, 0.717) is 6.42 Å². The number of ether oxygens (including phenoxy) is 1. The minimum absolute atomic E-state index is 0.00262. The van der Waals surface area contributed by atoms with E-state index in [9.17, 15) is 8.42 Å². The van der Waals surface area contributed by atoms with Crippen LogP contribution in [0.3, 0.4) is 0 Å². The van der Waals surface area contributed by atoms with Crippen LogP contribution in [0.2, 0.25) is 0 Å². The topological polar surface area (TPSA) is 43.4 Å². The standard InChI is InChI=1S/C13H17BrO3S/c1-18(15,16)11-6-4-5-10(9-11)17-13-8-3-2-7-12(13)14/h2-3,7-8,10-11H,4-6,9H2,1H3. The Labute approximate surface area is 117 Å². The van der Waals surface area contributed by atoms with Crippen LogP contribution in [0.1, 0.15) is 25.7 Å². The molecular weight excluding hydrogens is 316 g/mol. The highest BCUT2D eigenvalue weighted by molar-refractivity contribution is 9.10. The summed E-state index contributed by atoms with van der Waals surface area (Å²) in [6.07, 6.45) is 4.50. The Morgan fingerprint density at radius 2 is 2.00 bits per heavy atom. The Bertz CT molecular complexity index is 513. The van der Waals surface area contributed by atoms with E-state index in [1.165, 1.54) is 6.26 Å². The summed E-state index contributed by atoms with van der Waals surface area (Å²) in [4.78, 5) is 0. The third-order valence-corrected chi connectivity index (χ3v) is 5.61.